The van der Waals surface area contributed by atoms with Crippen LogP contribution in [0.2, 0.25) is 0 Å². The van der Waals surface area contributed by atoms with Gasteiger partial charge in [0.25, 0.3) is 11.5 Å². The lowest BCUT2D eigenvalue weighted by Crippen LogP contribution is -2.42. The van der Waals surface area contributed by atoms with Gasteiger partial charge in [0.05, 0.1) is 0 Å². The minimum absolute atomic E-state index is 0.0117. The molecular formula is C17H20N4O3. The summed E-state index contributed by atoms with van der Waals surface area (Å²) in [6.07, 6.45) is 1.23. The SMILES string of the molecule is Cn1[nH]c(=O)cc1C(=O)N1CCC(C(=O)Nc2ccccc2)CC1. The fraction of sp³-hybridized carbons (Fsp3) is 0.353. The predicted octanol–water partition coefficient (Wildman–Crippen LogP) is 1.20. The van der Waals surface area contributed by atoms with Crippen molar-refractivity contribution in [2.24, 2.45) is 13.0 Å². The lowest BCUT2D eigenvalue weighted by molar-refractivity contribution is -0.121. The zero-order chi connectivity index (χ0) is 17.1. The summed E-state index contributed by atoms with van der Waals surface area (Å²) < 4.78 is 1.43. The van der Waals surface area contributed by atoms with Crippen molar-refractivity contribution < 1.29 is 9.59 Å². The fourth-order valence-corrected chi connectivity index (χ4v) is 2.96. The lowest BCUT2D eigenvalue weighted by Gasteiger charge is -2.31. The van der Waals surface area contributed by atoms with Crippen molar-refractivity contribution >= 4 is 17.5 Å². The molecule has 0 unspecified atom stereocenters. The average Bonchev–Trinajstić information content (AvgIpc) is 2.93. The molecule has 2 heterocycles. The second kappa shape index (κ2) is 6.74. The molecule has 2 amide bonds. The van der Waals surface area contributed by atoms with Crippen LogP contribution in [0, 0.1) is 5.92 Å². The predicted molar refractivity (Wildman–Crippen MR) is 89.7 cm³/mol. The highest BCUT2D eigenvalue weighted by Crippen LogP contribution is 2.20. The van der Waals surface area contributed by atoms with Crippen molar-refractivity contribution in [3.05, 3.63) is 52.4 Å². The molecule has 7 heteroatoms. The first-order valence-electron chi connectivity index (χ1n) is 7.96. The third-order valence-corrected chi connectivity index (χ3v) is 4.32. The Morgan fingerprint density at radius 3 is 2.42 bits per heavy atom. The summed E-state index contributed by atoms with van der Waals surface area (Å²) in [5.41, 5.74) is 0.827. The fourth-order valence-electron chi connectivity index (χ4n) is 2.96. The van der Waals surface area contributed by atoms with Gasteiger partial charge in [0.1, 0.15) is 5.69 Å². The van der Waals surface area contributed by atoms with E-state index in [0.717, 1.165) is 5.69 Å². The lowest BCUT2D eigenvalue weighted by atomic mass is 9.95. The van der Waals surface area contributed by atoms with Gasteiger partial charge in [-0.25, -0.2) is 0 Å². The van der Waals surface area contributed by atoms with Gasteiger partial charge in [0.15, 0.2) is 0 Å². The number of hydrogen-bond donors (Lipinski definition) is 2. The number of likely N-dealkylation sites (tertiary alicyclic amines) is 1. The van der Waals surface area contributed by atoms with Crippen LogP contribution in [0.3, 0.4) is 0 Å². The molecule has 0 atom stereocenters. The van der Waals surface area contributed by atoms with E-state index >= 15 is 0 Å². The summed E-state index contributed by atoms with van der Waals surface area (Å²) in [7, 11) is 1.63. The molecule has 3 rings (SSSR count). The summed E-state index contributed by atoms with van der Waals surface area (Å²) in [5.74, 6) is -0.301. The normalized spacial score (nSPS) is 15.3. The third kappa shape index (κ3) is 3.40. The van der Waals surface area contributed by atoms with Crippen LogP contribution in [0.4, 0.5) is 5.69 Å². The van der Waals surface area contributed by atoms with E-state index in [1.165, 1.54) is 10.7 Å². The monoisotopic (exact) mass is 328 g/mol. The van der Waals surface area contributed by atoms with E-state index in [0.29, 0.717) is 31.6 Å². The number of aromatic amines is 1. The number of rotatable bonds is 3. The van der Waals surface area contributed by atoms with Crippen LogP contribution in [-0.2, 0) is 11.8 Å². The number of aryl methyl sites for hydroxylation is 1. The van der Waals surface area contributed by atoms with E-state index in [9.17, 15) is 14.4 Å². The maximum Gasteiger partial charge on any atom is 0.272 e. The summed E-state index contributed by atoms with van der Waals surface area (Å²) >= 11 is 0. The Kier molecular flexibility index (Phi) is 4.50. The van der Waals surface area contributed by atoms with Gasteiger partial charge in [0, 0.05) is 37.8 Å². The molecule has 0 saturated carbocycles. The highest BCUT2D eigenvalue weighted by Gasteiger charge is 2.29. The zero-order valence-corrected chi connectivity index (χ0v) is 13.5. The van der Waals surface area contributed by atoms with E-state index in [-0.39, 0.29) is 23.3 Å². The highest BCUT2D eigenvalue weighted by molar-refractivity contribution is 5.94. The molecule has 7 nitrogen and oxygen atoms in total. The largest absolute Gasteiger partial charge is 0.337 e. The Morgan fingerprint density at radius 1 is 1.17 bits per heavy atom. The number of benzene rings is 1. The van der Waals surface area contributed by atoms with Gasteiger partial charge in [-0.3, -0.25) is 24.2 Å². The molecule has 0 radical (unpaired) electrons. The molecule has 24 heavy (non-hydrogen) atoms. The van der Waals surface area contributed by atoms with E-state index in [4.69, 9.17) is 0 Å². The van der Waals surface area contributed by atoms with Gasteiger partial charge in [0.2, 0.25) is 5.91 Å². The molecule has 0 spiro atoms. The van der Waals surface area contributed by atoms with Crippen LogP contribution in [0.5, 0.6) is 0 Å². The van der Waals surface area contributed by atoms with Gasteiger partial charge in [-0.2, -0.15) is 0 Å². The Labute approximate surface area is 139 Å². The first-order chi connectivity index (χ1) is 11.5. The number of amides is 2. The van der Waals surface area contributed by atoms with Crippen molar-refractivity contribution in [1.82, 2.24) is 14.7 Å². The first kappa shape index (κ1) is 16.0. The van der Waals surface area contributed by atoms with Crippen LogP contribution in [-0.4, -0.2) is 39.6 Å². The molecule has 1 aliphatic heterocycles. The Hall–Kier alpha value is -2.83. The second-order valence-electron chi connectivity index (χ2n) is 5.99. The smallest absolute Gasteiger partial charge is 0.272 e. The van der Waals surface area contributed by atoms with Gasteiger partial charge < -0.3 is 10.2 Å². The number of nitrogens with one attached hydrogen (secondary N) is 2. The molecule has 1 aliphatic rings. The summed E-state index contributed by atoms with van der Waals surface area (Å²) in [6.45, 7) is 1.01. The molecule has 126 valence electrons. The van der Waals surface area contributed by atoms with Crippen molar-refractivity contribution in [3.8, 4) is 0 Å². The van der Waals surface area contributed by atoms with E-state index < -0.39 is 0 Å². The Balaban J connectivity index is 1.57. The van der Waals surface area contributed by atoms with Crippen LogP contribution in [0.15, 0.2) is 41.2 Å². The van der Waals surface area contributed by atoms with Crippen LogP contribution < -0.4 is 10.9 Å². The van der Waals surface area contributed by atoms with E-state index in [1.54, 1.807) is 11.9 Å². The number of anilines is 1. The molecule has 2 aromatic rings. The van der Waals surface area contributed by atoms with Gasteiger partial charge >= 0.3 is 0 Å². The number of para-hydroxylation sites is 1. The number of nitrogens with zero attached hydrogens (tertiary/aromatic N) is 2. The maximum atomic E-state index is 12.4. The highest BCUT2D eigenvalue weighted by atomic mass is 16.2. The Morgan fingerprint density at radius 2 is 1.83 bits per heavy atom. The topological polar surface area (TPSA) is 87.2 Å². The molecule has 1 aromatic carbocycles. The van der Waals surface area contributed by atoms with Crippen molar-refractivity contribution in [2.75, 3.05) is 18.4 Å². The van der Waals surface area contributed by atoms with E-state index in [2.05, 4.69) is 10.4 Å². The van der Waals surface area contributed by atoms with Crippen molar-refractivity contribution in [2.45, 2.75) is 12.8 Å². The number of piperidine rings is 1. The molecular weight excluding hydrogens is 308 g/mol. The average molecular weight is 328 g/mol. The summed E-state index contributed by atoms with van der Waals surface area (Å²) in [6, 6.07) is 10.6. The quantitative estimate of drug-likeness (QED) is 0.887. The standard InChI is InChI=1S/C17H20N4O3/c1-20-14(11-15(22)19-20)17(24)21-9-7-12(8-10-21)16(23)18-13-5-3-2-4-6-13/h2-6,11-12H,7-10H2,1H3,(H,18,23)(H,19,22). The molecule has 0 bridgehead atoms. The number of carbonyl (C=O) groups excluding carboxylic acids is 2. The van der Waals surface area contributed by atoms with E-state index in [1.807, 2.05) is 30.3 Å². The van der Waals surface area contributed by atoms with Crippen LogP contribution in [0.1, 0.15) is 23.3 Å². The summed E-state index contributed by atoms with van der Waals surface area (Å²) in [4.78, 5) is 37.8. The number of carbonyl (C=O) groups is 2. The molecule has 1 fully saturated rings. The Bertz CT molecular complexity index is 786. The summed E-state index contributed by atoms with van der Waals surface area (Å²) in [5, 5.41) is 5.44. The molecule has 1 saturated heterocycles. The van der Waals surface area contributed by atoms with Gasteiger partial charge in [-0.05, 0) is 25.0 Å². The second-order valence-corrected chi connectivity index (χ2v) is 5.99. The minimum Gasteiger partial charge on any atom is -0.337 e. The third-order valence-electron chi connectivity index (χ3n) is 4.32. The number of aromatic nitrogens is 2. The van der Waals surface area contributed by atoms with Crippen LogP contribution >= 0.6 is 0 Å². The molecule has 1 aromatic heterocycles. The zero-order valence-electron chi connectivity index (χ0n) is 13.5. The minimum atomic E-state index is -0.294. The van der Waals surface area contributed by atoms with Crippen molar-refractivity contribution in [3.63, 3.8) is 0 Å². The van der Waals surface area contributed by atoms with Gasteiger partial charge in [-0.15, -0.1) is 0 Å². The van der Waals surface area contributed by atoms with Gasteiger partial charge in [-0.1, -0.05) is 18.2 Å². The maximum absolute atomic E-state index is 12.4. The molecule has 2 N–H and O–H groups in total. The molecule has 0 aliphatic carbocycles. The first-order valence-corrected chi connectivity index (χ1v) is 7.96. The van der Waals surface area contributed by atoms with Crippen molar-refractivity contribution in [1.29, 1.82) is 0 Å². The number of H-pyrrole nitrogens is 1. The van der Waals surface area contributed by atoms with Crippen LogP contribution in [0.25, 0.3) is 0 Å². The number of hydrogen-bond acceptors (Lipinski definition) is 3.